The van der Waals surface area contributed by atoms with E-state index in [0.717, 1.165) is 52.2 Å². The summed E-state index contributed by atoms with van der Waals surface area (Å²) in [6.45, 7) is 5.97. The molecule has 0 aliphatic heterocycles. The first-order chi connectivity index (χ1) is 17.3. The van der Waals surface area contributed by atoms with Gasteiger partial charge in [-0.2, -0.15) is 0 Å². The van der Waals surface area contributed by atoms with Gasteiger partial charge in [0.2, 0.25) is 0 Å². The van der Waals surface area contributed by atoms with Crippen LogP contribution in [0.3, 0.4) is 0 Å². The zero-order valence-electron chi connectivity index (χ0n) is 22.5. The van der Waals surface area contributed by atoms with Crippen LogP contribution in [0.2, 0.25) is 0 Å². The lowest BCUT2D eigenvalue weighted by Crippen LogP contribution is -2.25. The number of rotatable bonds is 8. The summed E-state index contributed by atoms with van der Waals surface area (Å²) in [6, 6.07) is 13.4. The molecule has 8 heteroatoms. The van der Waals surface area contributed by atoms with Gasteiger partial charge in [0.05, 0.1) is 17.5 Å². The van der Waals surface area contributed by atoms with E-state index in [1.165, 1.54) is 32.8 Å². The van der Waals surface area contributed by atoms with Gasteiger partial charge >= 0.3 is 5.69 Å². The van der Waals surface area contributed by atoms with Crippen molar-refractivity contribution in [3.05, 3.63) is 58.8 Å². The van der Waals surface area contributed by atoms with Gasteiger partial charge in [-0.05, 0) is 56.3 Å². The van der Waals surface area contributed by atoms with Gasteiger partial charge < -0.3 is 15.0 Å². The number of fused-ring (bicyclic) bond motifs is 1. The topological polar surface area (TPSA) is 79.6 Å². The van der Waals surface area contributed by atoms with Crippen molar-refractivity contribution in [3.63, 3.8) is 0 Å². The number of aryl methyl sites for hydroxylation is 1. The molecule has 1 aliphatic rings. The van der Waals surface area contributed by atoms with E-state index in [9.17, 15) is 4.91 Å². The monoisotopic (exact) mass is 494 g/mol. The number of hydrogen-bond acceptors (Lipinski definition) is 7. The predicted molar refractivity (Wildman–Crippen MR) is 145 cm³/mol. The van der Waals surface area contributed by atoms with E-state index in [2.05, 4.69) is 22.2 Å². The molecule has 1 aromatic heterocycles. The molecule has 4 rings (SSSR count). The summed E-state index contributed by atoms with van der Waals surface area (Å²) in [5.74, 6) is 4.23. The van der Waals surface area contributed by atoms with Gasteiger partial charge in [-0.25, -0.2) is 14.8 Å². The molecule has 0 bridgehead atoms. The first kappa shape index (κ1) is 27.3. The van der Waals surface area contributed by atoms with Crippen LogP contribution < -0.4 is 15.0 Å². The summed E-state index contributed by atoms with van der Waals surface area (Å²) in [5, 5.41) is 4.60. The van der Waals surface area contributed by atoms with E-state index in [0.29, 0.717) is 17.2 Å². The summed E-state index contributed by atoms with van der Waals surface area (Å²) >= 11 is 0. The van der Waals surface area contributed by atoms with E-state index < -0.39 is 0 Å². The van der Waals surface area contributed by atoms with Crippen LogP contribution in [0, 0.1) is 23.7 Å². The van der Waals surface area contributed by atoms with Crippen molar-refractivity contribution in [2.75, 3.05) is 39.8 Å². The summed E-state index contributed by atoms with van der Waals surface area (Å²) in [6.07, 6.45) is 5.29. The van der Waals surface area contributed by atoms with Crippen LogP contribution >= 0.6 is 0 Å². The molecule has 1 fully saturated rings. The lowest BCUT2D eigenvalue weighted by molar-refractivity contribution is -0.736. The highest BCUT2D eigenvalue weighted by Crippen LogP contribution is 2.28. The summed E-state index contributed by atoms with van der Waals surface area (Å²) in [7, 11) is 6.99. The van der Waals surface area contributed by atoms with Crippen molar-refractivity contribution >= 4 is 22.4 Å². The second kappa shape index (κ2) is 13.2. The van der Waals surface area contributed by atoms with Crippen molar-refractivity contribution in [1.82, 2.24) is 15.3 Å². The van der Waals surface area contributed by atoms with Crippen LogP contribution in [0.25, 0.3) is 10.9 Å². The minimum atomic E-state index is 0.478. The number of ether oxygens (including phenoxy) is 1. The zero-order valence-corrected chi connectivity index (χ0v) is 22.5. The summed E-state index contributed by atoms with van der Waals surface area (Å²) in [4.78, 5) is 27.6. The molecule has 1 saturated carbocycles. The molecule has 0 amide bonds. The Morgan fingerprint density at radius 1 is 1.06 bits per heavy atom. The number of methoxy groups -OCH3 is 1. The van der Waals surface area contributed by atoms with E-state index in [1.807, 2.05) is 56.3 Å². The van der Waals surface area contributed by atoms with Crippen LogP contribution in [0.1, 0.15) is 44.0 Å². The first-order valence-corrected chi connectivity index (χ1v) is 12.6. The van der Waals surface area contributed by atoms with Crippen LogP contribution in [0.5, 0.6) is 5.75 Å². The Balaban J connectivity index is 0.000000221. The van der Waals surface area contributed by atoms with E-state index in [1.54, 1.807) is 19.2 Å². The molecule has 0 saturated heterocycles. The second-order valence-electron chi connectivity index (χ2n) is 9.70. The molecule has 1 aliphatic carbocycles. The van der Waals surface area contributed by atoms with Crippen LogP contribution in [-0.4, -0.2) is 49.8 Å². The third kappa shape index (κ3) is 7.37. The third-order valence-corrected chi connectivity index (χ3v) is 6.64. The SMILES string of the molecule is COc1ccc([N+](=O)OC)cc1CNCC1CCC(C)CC1.Cc1nc(N(C)C)c2ccccc2n1. The minimum absolute atomic E-state index is 0.478. The molecule has 8 nitrogen and oxygen atoms in total. The fraction of sp³-hybridized carbons (Fsp3) is 0.500. The number of aromatic nitrogens is 2. The van der Waals surface area contributed by atoms with Crippen LogP contribution in [0.4, 0.5) is 11.5 Å². The first-order valence-electron chi connectivity index (χ1n) is 12.6. The number of benzene rings is 2. The third-order valence-electron chi connectivity index (χ3n) is 6.64. The number of anilines is 1. The van der Waals surface area contributed by atoms with E-state index in [4.69, 9.17) is 9.57 Å². The van der Waals surface area contributed by atoms with Crippen molar-refractivity contribution in [2.45, 2.75) is 46.1 Å². The maximum atomic E-state index is 11.6. The molecule has 0 spiro atoms. The Bertz CT molecular complexity index is 1140. The number of nitrogens with one attached hydrogen (secondary N) is 1. The van der Waals surface area contributed by atoms with Crippen molar-refractivity contribution < 1.29 is 14.5 Å². The molecule has 1 heterocycles. The van der Waals surface area contributed by atoms with Gasteiger partial charge in [0.1, 0.15) is 17.4 Å². The average Bonchev–Trinajstić information content (AvgIpc) is 2.89. The van der Waals surface area contributed by atoms with Gasteiger partial charge in [0.15, 0.2) is 7.11 Å². The van der Waals surface area contributed by atoms with Gasteiger partial charge in [-0.1, -0.05) is 31.9 Å². The quantitative estimate of drug-likeness (QED) is 0.409. The highest BCUT2D eigenvalue weighted by atomic mass is 16.8. The van der Waals surface area contributed by atoms with Gasteiger partial charge in [-0.3, -0.25) is 0 Å². The fourth-order valence-corrected chi connectivity index (χ4v) is 4.58. The molecular weight excluding hydrogens is 454 g/mol. The number of nitrogens with zero attached hydrogens (tertiary/aromatic N) is 4. The molecule has 1 N–H and O–H groups in total. The standard InChI is InChI=1S/C17H27N2O3.C11H13N3/c1-13-4-6-14(7-5-13)11-18-12-15-10-16(19(20)22-3)8-9-17(15)21-2;1-8-12-10-7-5-4-6-9(10)11(13-8)14(2)3/h8-10,13-14,18H,4-7,11-12H2,1-3H3;4-7H,1-3H3/q+1;. The Morgan fingerprint density at radius 2 is 1.78 bits per heavy atom. The number of hydrogen-bond donors (Lipinski definition) is 1. The summed E-state index contributed by atoms with van der Waals surface area (Å²) < 4.78 is 5.37. The lowest BCUT2D eigenvalue weighted by atomic mass is 9.83. The van der Waals surface area contributed by atoms with E-state index in [-0.39, 0.29) is 0 Å². The molecule has 0 unspecified atom stereocenters. The largest absolute Gasteiger partial charge is 0.496 e. The Hall–Kier alpha value is -3.26. The average molecular weight is 495 g/mol. The highest BCUT2D eigenvalue weighted by molar-refractivity contribution is 5.89. The van der Waals surface area contributed by atoms with Crippen molar-refractivity contribution in [1.29, 1.82) is 0 Å². The Kier molecular flexibility index (Phi) is 9.99. The van der Waals surface area contributed by atoms with Gasteiger partial charge in [-0.15, -0.1) is 0 Å². The van der Waals surface area contributed by atoms with Crippen LogP contribution in [0.15, 0.2) is 42.5 Å². The maximum Gasteiger partial charge on any atom is 0.317 e. The van der Waals surface area contributed by atoms with Crippen LogP contribution in [-0.2, 0) is 11.4 Å². The zero-order chi connectivity index (χ0) is 26.1. The lowest BCUT2D eigenvalue weighted by Gasteiger charge is -2.26. The molecular formula is C28H40N5O3+. The molecule has 0 atom stereocenters. The maximum absolute atomic E-state index is 11.6. The highest BCUT2D eigenvalue weighted by Gasteiger charge is 2.19. The van der Waals surface area contributed by atoms with Gasteiger partial charge in [0.25, 0.3) is 4.92 Å². The minimum Gasteiger partial charge on any atom is -0.496 e. The Morgan fingerprint density at radius 3 is 2.44 bits per heavy atom. The van der Waals surface area contributed by atoms with E-state index >= 15 is 0 Å². The Labute approximate surface area is 214 Å². The fourth-order valence-electron chi connectivity index (χ4n) is 4.58. The molecule has 0 radical (unpaired) electrons. The van der Waals surface area contributed by atoms with Gasteiger partial charge in [0, 0.05) is 43.7 Å². The molecule has 36 heavy (non-hydrogen) atoms. The smallest absolute Gasteiger partial charge is 0.317 e. The molecule has 3 aromatic rings. The molecule has 194 valence electrons. The molecule has 2 aromatic carbocycles. The van der Waals surface area contributed by atoms with Crippen molar-refractivity contribution in [3.8, 4) is 5.75 Å². The normalized spacial score (nSPS) is 17.2. The summed E-state index contributed by atoms with van der Waals surface area (Å²) in [5.41, 5.74) is 2.46. The number of para-hydroxylation sites is 1. The second-order valence-corrected chi connectivity index (χ2v) is 9.70. The predicted octanol–water partition coefficient (Wildman–Crippen LogP) is 5.59. The van der Waals surface area contributed by atoms with Crippen molar-refractivity contribution in [2.24, 2.45) is 11.8 Å².